The molecule has 0 amide bonds. The molecule has 1 aromatic rings. The van der Waals surface area contributed by atoms with Gasteiger partial charge in [-0.25, -0.2) is 4.98 Å². The minimum atomic E-state index is 0.353. The van der Waals surface area contributed by atoms with Crippen LogP contribution in [0.15, 0.2) is 5.38 Å². The van der Waals surface area contributed by atoms with Gasteiger partial charge in [-0.2, -0.15) is 0 Å². The Kier molecular flexibility index (Phi) is 6.26. The molecule has 1 aliphatic rings. The van der Waals surface area contributed by atoms with Crippen molar-refractivity contribution in [1.29, 1.82) is 0 Å². The summed E-state index contributed by atoms with van der Waals surface area (Å²) in [4.78, 5) is 7.23. The number of rotatable bonds is 7. The quantitative estimate of drug-likeness (QED) is 0.839. The number of hydrogen-bond donors (Lipinski definition) is 1. The van der Waals surface area contributed by atoms with E-state index in [2.05, 4.69) is 29.4 Å². The average molecular weight is 297 g/mol. The minimum Gasteiger partial charge on any atom is -0.384 e. The Morgan fingerprint density at radius 2 is 2.25 bits per heavy atom. The van der Waals surface area contributed by atoms with E-state index in [-0.39, 0.29) is 0 Å². The summed E-state index contributed by atoms with van der Waals surface area (Å²) >= 11 is 1.78. The molecule has 0 bridgehead atoms. The van der Waals surface area contributed by atoms with Crippen LogP contribution in [0.3, 0.4) is 0 Å². The highest BCUT2D eigenvalue weighted by atomic mass is 32.1. The first-order valence-corrected chi connectivity index (χ1v) is 8.55. The molecule has 1 aliphatic heterocycles. The lowest BCUT2D eigenvalue weighted by Gasteiger charge is -2.31. The zero-order valence-electron chi connectivity index (χ0n) is 12.9. The van der Waals surface area contributed by atoms with E-state index in [1.54, 1.807) is 18.4 Å². The highest BCUT2D eigenvalue weighted by Crippen LogP contribution is 2.28. The average Bonchev–Trinajstić information content (AvgIpc) is 2.96. The van der Waals surface area contributed by atoms with Crippen molar-refractivity contribution in [2.24, 2.45) is 5.92 Å². The summed E-state index contributed by atoms with van der Waals surface area (Å²) in [6, 6.07) is 0.353. The van der Waals surface area contributed by atoms with Gasteiger partial charge in [0, 0.05) is 38.2 Å². The number of anilines is 1. The second-order valence-corrected chi connectivity index (χ2v) is 6.45. The third-order valence-electron chi connectivity index (χ3n) is 3.94. The fraction of sp³-hybridized carbons (Fsp3) is 0.800. The molecule has 0 aromatic carbocycles. The summed E-state index contributed by atoms with van der Waals surface area (Å²) < 4.78 is 5.26. The Bertz CT molecular complexity index is 388. The lowest BCUT2D eigenvalue weighted by molar-refractivity contribution is 0.139. The predicted octanol–water partition coefficient (Wildman–Crippen LogP) is 3.07. The third kappa shape index (κ3) is 4.17. The van der Waals surface area contributed by atoms with Gasteiger partial charge in [-0.3, -0.25) is 0 Å². The molecule has 1 fully saturated rings. The van der Waals surface area contributed by atoms with E-state index in [1.807, 2.05) is 0 Å². The van der Waals surface area contributed by atoms with Crippen molar-refractivity contribution in [3.05, 3.63) is 11.1 Å². The lowest BCUT2D eigenvalue weighted by atomic mass is 9.98. The first-order chi connectivity index (χ1) is 9.74. The Hall–Kier alpha value is -0.650. The lowest BCUT2D eigenvalue weighted by Crippen LogP contribution is -2.35. The number of thiazole rings is 1. The van der Waals surface area contributed by atoms with E-state index >= 15 is 0 Å². The summed E-state index contributed by atoms with van der Waals surface area (Å²) in [5, 5.41) is 6.88. The van der Waals surface area contributed by atoms with Crippen LogP contribution >= 0.6 is 11.3 Å². The topological polar surface area (TPSA) is 37.4 Å². The largest absolute Gasteiger partial charge is 0.384 e. The van der Waals surface area contributed by atoms with Gasteiger partial charge in [-0.05, 0) is 38.6 Å². The van der Waals surface area contributed by atoms with Crippen molar-refractivity contribution in [1.82, 2.24) is 10.3 Å². The molecule has 1 saturated heterocycles. The number of nitrogens with zero attached hydrogens (tertiary/aromatic N) is 2. The molecule has 0 spiro atoms. The zero-order chi connectivity index (χ0) is 14.4. The number of nitrogens with one attached hydrogen (secondary N) is 1. The van der Waals surface area contributed by atoms with Gasteiger partial charge >= 0.3 is 0 Å². The summed E-state index contributed by atoms with van der Waals surface area (Å²) in [5.74, 6) is 0.723. The van der Waals surface area contributed by atoms with Crippen LogP contribution in [-0.2, 0) is 4.74 Å². The molecular formula is C15H27N3OS. The SMILES string of the molecule is CCCNC(C)c1csc(N2CCC(COC)CC2)n1. The van der Waals surface area contributed by atoms with Crippen LogP contribution < -0.4 is 10.2 Å². The summed E-state index contributed by atoms with van der Waals surface area (Å²) in [6.07, 6.45) is 3.59. The number of methoxy groups -OCH3 is 1. The van der Waals surface area contributed by atoms with E-state index in [4.69, 9.17) is 9.72 Å². The van der Waals surface area contributed by atoms with Gasteiger partial charge in [0.2, 0.25) is 0 Å². The molecule has 20 heavy (non-hydrogen) atoms. The van der Waals surface area contributed by atoms with Crippen molar-refractivity contribution in [3.63, 3.8) is 0 Å². The van der Waals surface area contributed by atoms with Crippen LogP contribution in [0.1, 0.15) is 44.8 Å². The summed E-state index contributed by atoms with van der Waals surface area (Å²) in [7, 11) is 1.80. The van der Waals surface area contributed by atoms with E-state index in [1.165, 1.54) is 23.7 Å². The Morgan fingerprint density at radius 1 is 1.50 bits per heavy atom. The third-order valence-corrected chi connectivity index (χ3v) is 4.86. The number of hydrogen-bond acceptors (Lipinski definition) is 5. The fourth-order valence-electron chi connectivity index (χ4n) is 2.61. The fourth-order valence-corrected chi connectivity index (χ4v) is 3.59. The zero-order valence-corrected chi connectivity index (χ0v) is 13.7. The molecule has 1 aromatic heterocycles. The molecule has 5 heteroatoms. The van der Waals surface area contributed by atoms with Crippen LogP contribution in [0.4, 0.5) is 5.13 Å². The second-order valence-electron chi connectivity index (χ2n) is 5.62. The Morgan fingerprint density at radius 3 is 2.90 bits per heavy atom. The van der Waals surface area contributed by atoms with E-state index < -0.39 is 0 Å². The van der Waals surface area contributed by atoms with Crippen LogP contribution in [0.2, 0.25) is 0 Å². The summed E-state index contributed by atoms with van der Waals surface area (Å²) in [5.41, 5.74) is 1.18. The first-order valence-electron chi connectivity index (χ1n) is 7.67. The molecule has 2 heterocycles. The minimum absolute atomic E-state index is 0.353. The van der Waals surface area contributed by atoms with Crippen molar-refractivity contribution >= 4 is 16.5 Å². The molecule has 1 N–H and O–H groups in total. The molecule has 1 unspecified atom stereocenters. The van der Waals surface area contributed by atoms with Gasteiger partial charge in [-0.1, -0.05) is 6.92 Å². The molecular weight excluding hydrogens is 270 g/mol. The van der Waals surface area contributed by atoms with Crippen molar-refractivity contribution in [3.8, 4) is 0 Å². The highest BCUT2D eigenvalue weighted by molar-refractivity contribution is 7.13. The van der Waals surface area contributed by atoms with Gasteiger partial charge < -0.3 is 15.0 Å². The van der Waals surface area contributed by atoms with Crippen molar-refractivity contribution in [2.45, 2.75) is 39.2 Å². The molecule has 0 radical (unpaired) electrons. The number of aromatic nitrogens is 1. The molecule has 114 valence electrons. The maximum Gasteiger partial charge on any atom is 0.185 e. The van der Waals surface area contributed by atoms with Gasteiger partial charge in [0.05, 0.1) is 5.69 Å². The van der Waals surface area contributed by atoms with E-state index in [0.717, 1.165) is 38.6 Å². The van der Waals surface area contributed by atoms with Crippen LogP contribution in [-0.4, -0.2) is 38.3 Å². The summed E-state index contributed by atoms with van der Waals surface area (Å²) in [6.45, 7) is 8.55. The molecule has 1 atom stereocenters. The second kappa shape index (κ2) is 7.96. The highest BCUT2D eigenvalue weighted by Gasteiger charge is 2.21. The smallest absolute Gasteiger partial charge is 0.185 e. The normalized spacial score (nSPS) is 18.4. The molecule has 0 saturated carbocycles. The predicted molar refractivity (Wildman–Crippen MR) is 85.6 cm³/mol. The Labute approximate surface area is 126 Å². The first kappa shape index (κ1) is 15.7. The van der Waals surface area contributed by atoms with Crippen LogP contribution in [0.5, 0.6) is 0 Å². The van der Waals surface area contributed by atoms with E-state index in [0.29, 0.717) is 6.04 Å². The van der Waals surface area contributed by atoms with Gasteiger partial charge in [-0.15, -0.1) is 11.3 Å². The maximum absolute atomic E-state index is 5.26. The van der Waals surface area contributed by atoms with E-state index in [9.17, 15) is 0 Å². The van der Waals surface area contributed by atoms with Crippen molar-refractivity contribution in [2.75, 3.05) is 38.3 Å². The van der Waals surface area contributed by atoms with Gasteiger partial charge in [0.15, 0.2) is 5.13 Å². The maximum atomic E-state index is 5.26. The van der Waals surface area contributed by atoms with Crippen LogP contribution in [0, 0.1) is 5.92 Å². The Balaban J connectivity index is 1.86. The number of ether oxygens (including phenoxy) is 1. The number of piperidine rings is 1. The van der Waals surface area contributed by atoms with Gasteiger partial charge in [0.1, 0.15) is 0 Å². The molecule has 4 nitrogen and oxygen atoms in total. The standard InChI is InChI=1S/C15H27N3OS/c1-4-7-16-12(2)14-11-20-15(17-14)18-8-5-13(6-9-18)10-19-3/h11-13,16H,4-10H2,1-3H3. The molecule has 0 aliphatic carbocycles. The van der Waals surface area contributed by atoms with Crippen molar-refractivity contribution < 1.29 is 4.74 Å². The monoisotopic (exact) mass is 297 g/mol. The van der Waals surface area contributed by atoms with Crippen LogP contribution in [0.25, 0.3) is 0 Å². The molecule has 2 rings (SSSR count). The van der Waals surface area contributed by atoms with Gasteiger partial charge in [0.25, 0.3) is 0 Å².